The van der Waals surface area contributed by atoms with Crippen molar-refractivity contribution in [2.24, 2.45) is 0 Å². The smallest absolute Gasteiger partial charge is 0.333 e. The standard InChI is InChI=1S/C15H14ClNO5/c16-9-1-3-10(4-2-9)22-11-5-6-17-13(7-11)12(15(20)21)8-14(18)19/h1-5,8,13,17H,6-7H2,(H,18,19)(H,20,21). The minimum absolute atomic E-state index is 0.210. The number of hydrogen-bond acceptors (Lipinski definition) is 4. The Hall–Kier alpha value is -2.31. The molecular formula is C15H14ClNO5. The Labute approximate surface area is 131 Å². The van der Waals surface area contributed by atoms with Crippen LogP contribution < -0.4 is 10.1 Å². The summed E-state index contributed by atoms with van der Waals surface area (Å²) in [5.41, 5.74) is -0.210. The highest BCUT2D eigenvalue weighted by atomic mass is 35.5. The summed E-state index contributed by atoms with van der Waals surface area (Å²) in [6.45, 7) is 0.387. The molecule has 7 heteroatoms. The van der Waals surface area contributed by atoms with Gasteiger partial charge in [-0.3, -0.25) is 0 Å². The van der Waals surface area contributed by atoms with Crippen LogP contribution in [0.1, 0.15) is 6.42 Å². The van der Waals surface area contributed by atoms with Crippen molar-refractivity contribution < 1.29 is 24.5 Å². The highest BCUT2D eigenvalue weighted by molar-refractivity contribution is 6.30. The number of ether oxygens (including phenoxy) is 1. The molecule has 6 nitrogen and oxygen atoms in total. The summed E-state index contributed by atoms with van der Waals surface area (Å²) in [6, 6.07) is 6.14. The summed E-state index contributed by atoms with van der Waals surface area (Å²) in [7, 11) is 0. The Kier molecular flexibility index (Phi) is 5.19. The van der Waals surface area contributed by atoms with E-state index in [9.17, 15) is 9.59 Å². The summed E-state index contributed by atoms with van der Waals surface area (Å²) < 4.78 is 5.67. The first-order chi connectivity index (χ1) is 10.5. The zero-order chi connectivity index (χ0) is 16.1. The van der Waals surface area contributed by atoms with Crippen LogP contribution in [-0.4, -0.2) is 34.7 Å². The van der Waals surface area contributed by atoms with Gasteiger partial charge in [0.25, 0.3) is 0 Å². The minimum Gasteiger partial charge on any atom is -0.478 e. The van der Waals surface area contributed by atoms with E-state index in [0.717, 1.165) is 0 Å². The van der Waals surface area contributed by atoms with E-state index in [1.165, 1.54) is 0 Å². The average Bonchev–Trinajstić information content (AvgIpc) is 2.47. The second kappa shape index (κ2) is 7.11. The van der Waals surface area contributed by atoms with Gasteiger partial charge in [0.2, 0.25) is 0 Å². The predicted molar refractivity (Wildman–Crippen MR) is 79.9 cm³/mol. The molecule has 1 aliphatic heterocycles. The summed E-state index contributed by atoms with van der Waals surface area (Å²) in [5.74, 6) is -1.42. The molecule has 22 heavy (non-hydrogen) atoms. The summed E-state index contributed by atoms with van der Waals surface area (Å²) >= 11 is 5.79. The fourth-order valence-electron chi connectivity index (χ4n) is 2.07. The quantitative estimate of drug-likeness (QED) is 0.718. The van der Waals surface area contributed by atoms with Crippen LogP contribution in [0.3, 0.4) is 0 Å². The van der Waals surface area contributed by atoms with E-state index in [0.29, 0.717) is 29.2 Å². The number of nitrogens with one attached hydrogen (secondary N) is 1. The minimum atomic E-state index is -1.30. The molecular weight excluding hydrogens is 310 g/mol. The highest BCUT2D eigenvalue weighted by Gasteiger charge is 2.25. The van der Waals surface area contributed by atoms with Gasteiger partial charge >= 0.3 is 11.9 Å². The molecule has 1 aliphatic rings. The number of aliphatic carboxylic acids is 2. The van der Waals surface area contributed by atoms with Gasteiger partial charge in [-0.1, -0.05) is 11.6 Å². The van der Waals surface area contributed by atoms with Crippen LogP contribution in [0.4, 0.5) is 0 Å². The monoisotopic (exact) mass is 323 g/mol. The van der Waals surface area contributed by atoms with Crippen LogP contribution in [0.2, 0.25) is 5.02 Å². The van der Waals surface area contributed by atoms with Gasteiger partial charge in [-0.15, -0.1) is 0 Å². The Morgan fingerprint density at radius 2 is 1.95 bits per heavy atom. The summed E-state index contributed by atoms with van der Waals surface area (Å²) in [4.78, 5) is 21.9. The maximum atomic E-state index is 11.2. The lowest BCUT2D eigenvalue weighted by atomic mass is 9.99. The Balaban J connectivity index is 2.10. The molecule has 1 aromatic carbocycles. The molecule has 0 amide bonds. The molecule has 1 aromatic rings. The maximum Gasteiger partial charge on any atom is 0.333 e. The van der Waals surface area contributed by atoms with Gasteiger partial charge in [-0.25, -0.2) is 9.59 Å². The van der Waals surface area contributed by atoms with E-state index >= 15 is 0 Å². The Morgan fingerprint density at radius 3 is 2.55 bits per heavy atom. The van der Waals surface area contributed by atoms with Crippen LogP contribution >= 0.6 is 11.6 Å². The van der Waals surface area contributed by atoms with E-state index in [1.807, 2.05) is 0 Å². The average molecular weight is 324 g/mol. The SMILES string of the molecule is O=C(O)C=C(C(=O)O)C1CC(Oc2ccc(Cl)cc2)=CCN1. The first-order valence-corrected chi connectivity index (χ1v) is 6.87. The molecule has 0 aliphatic carbocycles. The number of carboxylic acid groups (broad SMARTS) is 2. The number of carbonyl (C=O) groups is 2. The van der Waals surface area contributed by atoms with Gasteiger partial charge < -0.3 is 20.3 Å². The van der Waals surface area contributed by atoms with E-state index < -0.39 is 18.0 Å². The number of benzene rings is 1. The number of carboxylic acids is 2. The topological polar surface area (TPSA) is 95.9 Å². The molecule has 2 rings (SSSR count). The van der Waals surface area contributed by atoms with Crippen LogP contribution in [0.25, 0.3) is 0 Å². The molecule has 0 spiro atoms. The Morgan fingerprint density at radius 1 is 1.27 bits per heavy atom. The summed E-state index contributed by atoms with van der Waals surface area (Å²) in [6.07, 6.45) is 2.73. The zero-order valence-corrected chi connectivity index (χ0v) is 12.2. The summed E-state index contributed by atoms with van der Waals surface area (Å²) in [5, 5.41) is 21.4. The van der Waals surface area contributed by atoms with Crippen LogP contribution in [-0.2, 0) is 9.59 Å². The van der Waals surface area contributed by atoms with Crippen molar-refractivity contribution in [1.82, 2.24) is 5.32 Å². The molecule has 0 aromatic heterocycles. The van der Waals surface area contributed by atoms with Crippen molar-refractivity contribution in [3.05, 3.63) is 52.8 Å². The first kappa shape index (κ1) is 16.1. The van der Waals surface area contributed by atoms with Crippen LogP contribution in [0.15, 0.2) is 47.7 Å². The molecule has 0 radical (unpaired) electrons. The molecule has 0 fully saturated rings. The fourth-order valence-corrected chi connectivity index (χ4v) is 2.20. The van der Waals surface area contributed by atoms with Crippen molar-refractivity contribution >= 4 is 23.5 Å². The molecule has 1 unspecified atom stereocenters. The van der Waals surface area contributed by atoms with Crippen molar-refractivity contribution in [3.8, 4) is 5.75 Å². The fraction of sp³-hybridized carbons (Fsp3) is 0.200. The molecule has 0 bridgehead atoms. The third-order valence-corrected chi connectivity index (χ3v) is 3.32. The van der Waals surface area contributed by atoms with Crippen molar-refractivity contribution in [3.63, 3.8) is 0 Å². The lowest BCUT2D eigenvalue weighted by Gasteiger charge is -2.24. The van der Waals surface area contributed by atoms with E-state index in [1.54, 1.807) is 30.3 Å². The maximum absolute atomic E-state index is 11.2. The molecule has 0 saturated heterocycles. The van der Waals surface area contributed by atoms with E-state index in [2.05, 4.69) is 5.32 Å². The number of halogens is 1. The molecule has 116 valence electrons. The van der Waals surface area contributed by atoms with Crippen LogP contribution in [0, 0.1) is 0 Å². The lowest BCUT2D eigenvalue weighted by molar-refractivity contribution is -0.135. The highest BCUT2D eigenvalue weighted by Crippen LogP contribution is 2.23. The van der Waals surface area contributed by atoms with Crippen molar-refractivity contribution in [2.45, 2.75) is 12.5 Å². The van der Waals surface area contributed by atoms with Gasteiger partial charge in [0.15, 0.2) is 0 Å². The molecule has 3 N–H and O–H groups in total. The van der Waals surface area contributed by atoms with E-state index in [4.69, 9.17) is 26.6 Å². The van der Waals surface area contributed by atoms with Crippen molar-refractivity contribution in [1.29, 1.82) is 0 Å². The van der Waals surface area contributed by atoms with Crippen molar-refractivity contribution in [2.75, 3.05) is 6.54 Å². The van der Waals surface area contributed by atoms with Crippen LogP contribution in [0.5, 0.6) is 5.75 Å². The van der Waals surface area contributed by atoms with Gasteiger partial charge in [-0.2, -0.15) is 0 Å². The third-order valence-electron chi connectivity index (χ3n) is 3.06. The van der Waals surface area contributed by atoms with Gasteiger partial charge in [0, 0.05) is 30.1 Å². The molecule has 1 heterocycles. The van der Waals surface area contributed by atoms with E-state index in [-0.39, 0.29) is 12.0 Å². The number of hydrogen-bond donors (Lipinski definition) is 3. The molecule has 0 saturated carbocycles. The van der Waals surface area contributed by atoms with Gasteiger partial charge in [-0.05, 0) is 30.3 Å². The zero-order valence-electron chi connectivity index (χ0n) is 11.5. The Bertz CT molecular complexity index is 636. The molecule has 1 atom stereocenters. The third kappa shape index (κ3) is 4.34. The largest absolute Gasteiger partial charge is 0.478 e. The van der Waals surface area contributed by atoms with Gasteiger partial charge in [0.1, 0.15) is 11.5 Å². The lowest BCUT2D eigenvalue weighted by Crippen LogP contribution is -2.38. The van der Waals surface area contributed by atoms with Gasteiger partial charge in [0.05, 0.1) is 5.57 Å². The first-order valence-electron chi connectivity index (χ1n) is 6.49. The predicted octanol–water partition coefficient (Wildman–Crippen LogP) is 2.06. The second-order valence-corrected chi connectivity index (χ2v) is 5.07. The second-order valence-electron chi connectivity index (χ2n) is 4.63. The normalized spacial score (nSPS) is 18.5. The number of rotatable bonds is 5.